The molecule has 0 saturated carbocycles. The second-order valence-corrected chi connectivity index (χ2v) is 4.48. The summed E-state index contributed by atoms with van der Waals surface area (Å²) in [6.07, 6.45) is 6.54. The molecule has 0 bridgehead atoms. The predicted molar refractivity (Wildman–Crippen MR) is 78.6 cm³/mol. The second-order valence-electron chi connectivity index (χ2n) is 4.12. The van der Waals surface area contributed by atoms with Crippen molar-refractivity contribution in [2.24, 2.45) is 0 Å². The molecule has 3 aromatic rings. The first-order valence-electron chi connectivity index (χ1n) is 6.12. The van der Waals surface area contributed by atoms with Crippen molar-refractivity contribution >= 4 is 23.2 Å². The third-order valence-electron chi connectivity index (χ3n) is 2.76. The van der Waals surface area contributed by atoms with E-state index in [4.69, 9.17) is 11.6 Å². The largest absolute Gasteiger partial charge is 0.319 e. The van der Waals surface area contributed by atoms with Gasteiger partial charge in [-0.05, 0) is 30.3 Å². The average molecular weight is 300 g/mol. The molecule has 0 fully saturated rings. The van der Waals surface area contributed by atoms with Gasteiger partial charge in [0.05, 0.1) is 11.3 Å². The van der Waals surface area contributed by atoms with Gasteiger partial charge in [-0.1, -0.05) is 11.6 Å². The molecule has 0 unspecified atom stereocenters. The van der Waals surface area contributed by atoms with Gasteiger partial charge >= 0.3 is 0 Å². The highest BCUT2D eigenvalue weighted by atomic mass is 35.5. The summed E-state index contributed by atoms with van der Waals surface area (Å²) in [5.74, 6) is 0.172. The third kappa shape index (κ3) is 2.75. The van der Waals surface area contributed by atoms with Gasteiger partial charge < -0.3 is 5.32 Å². The normalized spacial score (nSPS) is 10.3. The zero-order chi connectivity index (χ0) is 14.7. The number of carbonyl (C=O) groups is 1. The van der Waals surface area contributed by atoms with E-state index in [-0.39, 0.29) is 11.1 Å². The topological polar surface area (TPSA) is 72.7 Å². The molecule has 0 atom stereocenters. The van der Waals surface area contributed by atoms with E-state index in [0.29, 0.717) is 17.1 Å². The lowest BCUT2D eigenvalue weighted by atomic mass is 10.2. The molecular weight excluding hydrogens is 290 g/mol. The Kier molecular flexibility index (Phi) is 3.61. The van der Waals surface area contributed by atoms with Crippen LogP contribution in [-0.2, 0) is 0 Å². The number of nitrogens with zero attached hydrogens (tertiary/aromatic N) is 4. The Balaban J connectivity index is 1.93. The van der Waals surface area contributed by atoms with E-state index in [1.165, 1.54) is 6.20 Å². The number of nitrogens with one attached hydrogen (secondary N) is 1. The molecule has 7 heteroatoms. The Labute approximate surface area is 125 Å². The number of hydrogen-bond acceptors (Lipinski definition) is 4. The molecule has 0 saturated heterocycles. The fourth-order valence-electron chi connectivity index (χ4n) is 1.82. The van der Waals surface area contributed by atoms with Crippen LogP contribution in [0.15, 0.2) is 55.1 Å². The van der Waals surface area contributed by atoms with Gasteiger partial charge in [-0.15, -0.1) is 0 Å². The molecule has 0 aliphatic heterocycles. The number of anilines is 1. The molecule has 6 nitrogen and oxygen atoms in total. The van der Waals surface area contributed by atoms with Crippen LogP contribution in [0, 0.1) is 0 Å². The minimum absolute atomic E-state index is 0.152. The molecule has 1 N–H and O–H groups in total. The number of hydrogen-bond donors (Lipinski definition) is 1. The Morgan fingerprint density at radius 2 is 1.90 bits per heavy atom. The van der Waals surface area contributed by atoms with Gasteiger partial charge in [-0.2, -0.15) is 5.10 Å². The number of halogens is 1. The highest BCUT2D eigenvalue weighted by molar-refractivity contribution is 6.33. The van der Waals surface area contributed by atoms with Crippen LogP contribution in [-0.4, -0.2) is 25.7 Å². The Hall–Kier alpha value is -2.73. The first-order valence-corrected chi connectivity index (χ1v) is 6.50. The van der Waals surface area contributed by atoms with Crippen LogP contribution >= 0.6 is 11.6 Å². The molecule has 3 aromatic heterocycles. The van der Waals surface area contributed by atoms with E-state index in [2.05, 4.69) is 20.4 Å². The minimum atomic E-state index is -0.352. The van der Waals surface area contributed by atoms with Crippen molar-refractivity contribution in [1.82, 2.24) is 19.7 Å². The zero-order valence-electron chi connectivity index (χ0n) is 10.8. The number of rotatable bonds is 3. The number of amides is 1. The molecule has 104 valence electrons. The van der Waals surface area contributed by atoms with E-state index in [1.54, 1.807) is 53.6 Å². The molecule has 21 heavy (non-hydrogen) atoms. The maximum Gasteiger partial charge on any atom is 0.258 e. The van der Waals surface area contributed by atoms with Crippen molar-refractivity contribution in [2.45, 2.75) is 0 Å². The van der Waals surface area contributed by atoms with Crippen molar-refractivity contribution in [1.29, 1.82) is 0 Å². The Bertz CT molecular complexity index is 773. The number of pyridine rings is 2. The van der Waals surface area contributed by atoms with Crippen molar-refractivity contribution in [3.8, 4) is 5.82 Å². The van der Waals surface area contributed by atoms with Crippen LogP contribution in [0.3, 0.4) is 0 Å². The molecule has 0 spiro atoms. The minimum Gasteiger partial charge on any atom is -0.319 e. The molecule has 3 heterocycles. The fourth-order valence-corrected chi connectivity index (χ4v) is 2.02. The lowest BCUT2D eigenvalue weighted by molar-refractivity contribution is 0.102. The van der Waals surface area contributed by atoms with Crippen LogP contribution in [0.1, 0.15) is 10.4 Å². The average Bonchev–Trinajstić information content (AvgIpc) is 3.02. The maximum atomic E-state index is 12.3. The van der Waals surface area contributed by atoms with Crippen molar-refractivity contribution < 1.29 is 4.79 Å². The predicted octanol–water partition coefficient (Wildman–Crippen LogP) is 2.57. The van der Waals surface area contributed by atoms with Crippen molar-refractivity contribution in [3.05, 3.63) is 65.8 Å². The number of aromatic nitrogens is 4. The summed E-state index contributed by atoms with van der Waals surface area (Å²) in [5, 5.41) is 7.03. The summed E-state index contributed by atoms with van der Waals surface area (Å²) in [4.78, 5) is 20.4. The molecule has 1 amide bonds. The van der Waals surface area contributed by atoms with E-state index in [1.807, 2.05) is 0 Å². The standard InChI is InChI=1S/C14H10ClN5O/c15-12-10(4-1-6-16-12)14(21)19-11-5-2-7-17-13(11)20-9-3-8-18-20/h1-9H,(H,19,21). The first-order chi connectivity index (χ1) is 10.3. The molecule has 3 rings (SSSR count). The number of carbonyl (C=O) groups excluding carboxylic acids is 1. The van der Waals surface area contributed by atoms with Crippen LogP contribution in [0.5, 0.6) is 0 Å². The lowest BCUT2D eigenvalue weighted by Gasteiger charge is -2.10. The molecule has 0 aliphatic rings. The molecule has 0 aliphatic carbocycles. The summed E-state index contributed by atoms with van der Waals surface area (Å²) in [6, 6.07) is 8.50. The smallest absolute Gasteiger partial charge is 0.258 e. The summed E-state index contributed by atoms with van der Waals surface area (Å²) in [6.45, 7) is 0. The monoisotopic (exact) mass is 299 g/mol. The van der Waals surface area contributed by atoms with E-state index in [0.717, 1.165) is 0 Å². The van der Waals surface area contributed by atoms with Gasteiger partial charge in [-0.3, -0.25) is 4.79 Å². The Morgan fingerprint density at radius 3 is 2.67 bits per heavy atom. The zero-order valence-corrected chi connectivity index (χ0v) is 11.5. The first kappa shape index (κ1) is 13.3. The Morgan fingerprint density at radius 1 is 1.10 bits per heavy atom. The maximum absolute atomic E-state index is 12.3. The van der Waals surface area contributed by atoms with E-state index >= 15 is 0 Å². The van der Waals surface area contributed by atoms with Crippen LogP contribution in [0.2, 0.25) is 5.15 Å². The van der Waals surface area contributed by atoms with Gasteiger partial charge in [0, 0.05) is 24.8 Å². The summed E-state index contributed by atoms with van der Waals surface area (Å²) in [7, 11) is 0. The fraction of sp³-hybridized carbons (Fsp3) is 0. The van der Waals surface area contributed by atoms with Gasteiger partial charge in [0.25, 0.3) is 5.91 Å². The SMILES string of the molecule is O=C(Nc1cccnc1-n1cccn1)c1cccnc1Cl. The van der Waals surface area contributed by atoms with Gasteiger partial charge in [0.1, 0.15) is 5.15 Å². The molecular formula is C14H10ClN5O. The second kappa shape index (κ2) is 5.72. The van der Waals surface area contributed by atoms with Crippen molar-refractivity contribution in [3.63, 3.8) is 0 Å². The van der Waals surface area contributed by atoms with E-state index < -0.39 is 0 Å². The van der Waals surface area contributed by atoms with Crippen molar-refractivity contribution in [2.75, 3.05) is 5.32 Å². The quantitative estimate of drug-likeness (QED) is 0.754. The van der Waals surface area contributed by atoms with Gasteiger partial charge in [-0.25, -0.2) is 14.6 Å². The molecule has 0 aromatic carbocycles. The summed E-state index contributed by atoms with van der Waals surface area (Å²) in [5.41, 5.74) is 0.834. The highest BCUT2D eigenvalue weighted by Gasteiger charge is 2.14. The lowest BCUT2D eigenvalue weighted by Crippen LogP contribution is -2.15. The van der Waals surface area contributed by atoms with Crippen LogP contribution < -0.4 is 5.32 Å². The third-order valence-corrected chi connectivity index (χ3v) is 3.06. The highest BCUT2D eigenvalue weighted by Crippen LogP contribution is 2.19. The van der Waals surface area contributed by atoms with Gasteiger partial charge in [0.2, 0.25) is 0 Å². The van der Waals surface area contributed by atoms with E-state index in [9.17, 15) is 4.79 Å². The summed E-state index contributed by atoms with van der Waals surface area (Å²) < 4.78 is 1.57. The molecule has 0 radical (unpaired) electrons. The van der Waals surface area contributed by atoms with Crippen LogP contribution in [0.4, 0.5) is 5.69 Å². The summed E-state index contributed by atoms with van der Waals surface area (Å²) >= 11 is 5.92. The van der Waals surface area contributed by atoms with Crippen LogP contribution in [0.25, 0.3) is 5.82 Å². The van der Waals surface area contributed by atoms with Gasteiger partial charge in [0.15, 0.2) is 5.82 Å².